The largest absolute Gasteiger partial charge is 0.497 e. The average molecular weight is 435 g/mol. The summed E-state index contributed by atoms with van der Waals surface area (Å²) in [5.41, 5.74) is 14.0. The van der Waals surface area contributed by atoms with Crippen molar-refractivity contribution >= 4 is 5.91 Å². The van der Waals surface area contributed by atoms with Crippen LogP contribution in [0.15, 0.2) is 59.5 Å². The van der Waals surface area contributed by atoms with Crippen molar-refractivity contribution in [3.8, 4) is 5.75 Å². The highest BCUT2D eigenvalue weighted by Gasteiger charge is 2.13. The number of nitrogens with one attached hydrogen (secondary N) is 2. The van der Waals surface area contributed by atoms with Gasteiger partial charge in [-0.1, -0.05) is 35.9 Å². The van der Waals surface area contributed by atoms with E-state index < -0.39 is 0 Å². The second-order valence-corrected chi connectivity index (χ2v) is 7.77. The van der Waals surface area contributed by atoms with Gasteiger partial charge in [-0.3, -0.25) is 9.59 Å². The van der Waals surface area contributed by atoms with E-state index in [0.29, 0.717) is 25.2 Å². The minimum Gasteiger partial charge on any atom is -0.497 e. The van der Waals surface area contributed by atoms with E-state index in [2.05, 4.69) is 10.7 Å². The van der Waals surface area contributed by atoms with Crippen LogP contribution in [0.25, 0.3) is 0 Å². The van der Waals surface area contributed by atoms with E-state index in [1.807, 2.05) is 62.4 Å². The number of amides is 1. The first-order valence-electron chi connectivity index (χ1n) is 10.5. The first-order chi connectivity index (χ1) is 15.4. The predicted molar refractivity (Wildman–Crippen MR) is 126 cm³/mol. The first-order valence-corrected chi connectivity index (χ1v) is 10.5. The number of ether oxygens (including phenoxy) is 1. The molecule has 1 aromatic heterocycles. The van der Waals surface area contributed by atoms with Crippen molar-refractivity contribution in [3.63, 3.8) is 0 Å². The quantitative estimate of drug-likeness (QED) is 0.481. The summed E-state index contributed by atoms with van der Waals surface area (Å²) < 4.78 is 6.66. The molecule has 2 aromatic carbocycles. The molecule has 7 heteroatoms. The molecule has 0 radical (unpaired) electrons. The predicted octanol–water partition coefficient (Wildman–Crippen LogP) is 2.54. The Labute approximate surface area is 188 Å². The van der Waals surface area contributed by atoms with Crippen LogP contribution in [0.3, 0.4) is 0 Å². The Morgan fingerprint density at radius 1 is 1.06 bits per heavy atom. The van der Waals surface area contributed by atoms with Crippen LogP contribution in [0.4, 0.5) is 0 Å². The van der Waals surface area contributed by atoms with Crippen LogP contribution < -0.4 is 26.8 Å². The number of pyridine rings is 1. The van der Waals surface area contributed by atoms with Crippen molar-refractivity contribution in [2.24, 2.45) is 5.73 Å². The Hall–Kier alpha value is -3.58. The number of rotatable bonds is 9. The minimum absolute atomic E-state index is 0.0100. The van der Waals surface area contributed by atoms with Gasteiger partial charge in [0.1, 0.15) is 5.75 Å². The van der Waals surface area contributed by atoms with E-state index in [-0.39, 0.29) is 17.9 Å². The first kappa shape index (κ1) is 23.1. The van der Waals surface area contributed by atoms with E-state index in [1.165, 1.54) is 4.68 Å². The third-order valence-corrected chi connectivity index (χ3v) is 5.41. The molecule has 3 rings (SSSR count). The third-order valence-electron chi connectivity index (χ3n) is 5.41. The molecule has 3 aromatic rings. The number of benzene rings is 2. The van der Waals surface area contributed by atoms with Crippen LogP contribution in [0.1, 0.15) is 33.4 Å². The number of nitrogens with zero attached hydrogens (tertiary/aromatic N) is 1. The van der Waals surface area contributed by atoms with Crippen molar-refractivity contribution < 1.29 is 9.53 Å². The zero-order chi connectivity index (χ0) is 23.1. The molecule has 1 heterocycles. The highest BCUT2D eigenvalue weighted by atomic mass is 16.5. The number of carbonyl (C=O) groups is 1. The molecule has 0 spiro atoms. The molecule has 0 bridgehead atoms. The number of hydrogen-bond acceptors (Lipinski definition) is 5. The second kappa shape index (κ2) is 10.6. The fraction of sp³-hybridized carbons (Fsp3) is 0.280. The van der Waals surface area contributed by atoms with Crippen molar-refractivity contribution in [1.82, 2.24) is 9.99 Å². The van der Waals surface area contributed by atoms with E-state index in [1.54, 1.807) is 13.3 Å². The maximum Gasteiger partial charge on any atom is 0.272 e. The van der Waals surface area contributed by atoms with Gasteiger partial charge in [-0.25, -0.2) is 4.68 Å². The van der Waals surface area contributed by atoms with Crippen LogP contribution in [0, 0.1) is 13.8 Å². The highest BCUT2D eigenvalue weighted by Crippen LogP contribution is 2.13. The topological polar surface area (TPSA) is 98.4 Å². The summed E-state index contributed by atoms with van der Waals surface area (Å²) in [7, 11) is 1.62. The highest BCUT2D eigenvalue weighted by molar-refractivity contribution is 5.78. The zero-order valence-electron chi connectivity index (χ0n) is 18.8. The van der Waals surface area contributed by atoms with Crippen molar-refractivity contribution in [2.75, 3.05) is 12.5 Å². The van der Waals surface area contributed by atoms with Crippen molar-refractivity contribution in [1.29, 1.82) is 0 Å². The summed E-state index contributed by atoms with van der Waals surface area (Å²) in [6.45, 7) is 5.07. The second-order valence-electron chi connectivity index (χ2n) is 7.77. The Bertz CT molecular complexity index is 1150. The molecule has 168 valence electrons. The summed E-state index contributed by atoms with van der Waals surface area (Å²) in [4.78, 5) is 25.6. The van der Waals surface area contributed by atoms with Gasteiger partial charge in [-0.05, 0) is 54.3 Å². The smallest absolute Gasteiger partial charge is 0.272 e. The van der Waals surface area contributed by atoms with Gasteiger partial charge in [0.2, 0.25) is 5.91 Å². The average Bonchev–Trinajstić information content (AvgIpc) is 2.80. The summed E-state index contributed by atoms with van der Waals surface area (Å²) in [6, 6.07) is 15.4. The molecule has 0 aliphatic carbocycles. The molecule has 0 unspecified atom stereocenters. The van der Waals surface area contributed by atoms with Gasteiger partial charge >= 0.3 is 0 Å². The van der Waals surface area contributed by atoms with E-state index in [0.717, 1.165) is 33.6 Å². The zero-order valence-corrected chi connectivity index (χ0v) is 18.8. The number of hydrogen-bond donors (Lipinski definition) is 3. The lowest BCUT2D eigenvalue weighted by atomic mass is 10.0. The van der Waals surface area contributed by atoms with Gasteiger partial charge in [0.25, 0.3) is 5.56 Å². The van der Waals surface area contributed by atoms with Crippen LogP contribution in [0.5, 0.6) is 5.75 Å². The maximum atomic E-state index is 13.0. The molecule has 1 amide bonds. The van der Waals surface area contributed by atoms with Gasteiger partial charge in [-0.15, -0.1) is 0 Å². The summed E-state index contributed by atoms with van der Waals surface area (Å²) >= 11 is 0. The summed E-state index contributed by atoms with van der Waals surface area (Å²) in [5, 5.41) is 2.92. The Kier molecular flexibility index (Phi) is 7.68. The molecule has 0 fully saturated rings. The number of aryl methyl sites for hydroxylation is 2. The van der Waals surface area contributed by atoms with Crippen LogP contribution in [-0.2, 0) is 30.8 Å². The lowest BCUT2D eigenvalue weighted by Crippen LogP contribution is -2.34. The van der Waals surface area contributed by atoms with E-state index in [4.69, 9.17) is 10.5 Å². The van der Waals surface area contributed by atoms with E-state index >= 15 is 0 Å². The van der Waals surface area contributed by atoms with Gasteiger partial charge < -0.3 is 21.2 Å². The lowest BCUT2D eigenvalue weighted by molar-refractivity contribution is -0.120. The Balaban J connectivity index is 1.68. The lowest BCUT2D eigenvalue weighted by Gasteiger charge is -2.14. The number of methoxy groups -OCH3 is 1. The van der Waals surface area contributed by atoms with Crippen LogP contribution in [0.2, 0.25) is 0 Å². The van der Waals surface area contributed by atoms with Crippen LogP contribution in [-0.4, -0.2) is 17.7 Å². The molecule has 0 atom stereocenters. The SMILES string of the molecule is COc1cccc(CNn2ccc(C)c(CC(=O)NCc3cc(C)ccc3CN)c2=O)c1. The normalized spacial score (nSPS) is 10.6. The van der Waals surface area contributed by atoms with Crippen molar-refractivity contribution in [2.45, 2.75) is 39.9 Å². The van der Waals surface area contributed by atoms with Gasteiger partial charge in [0.05, 0.1) is 20.1 Å². The fourth-order valence-corrected chi connectivity index (χ4v) is 3.50. The Morgan fingerprint density at radius 3 is 2.62 bits per heavy atom. The molecule has 7 nitrogen and oxygen atoms in total. The Morgan fingerprint density at radius 2 is 1.88 bits per heavy atom. The third kappa shape index (κ3) is 5.76. The van der Waals surface area contributed by atoms with Crippen molar-refractivity contribution in [3.05, 3.63) is 98.5 Å². The molecule has 0 aliphatic heterocycles. The van der Waals surface area contributed by atoms with Crippen LogP contribution >= 0.6 is 0 Å². The van der Waals surface area contributed by atoms with Gasteiger partial charge in [0.15, 0.2) is 0 Å². The maximum absolute atomic E-state index is 13.0. The molecule has 32 heavy (non-hydrogen) atoms. The molecule has 0 aliphatic rings. The molecular formula is C25H30N4O3. The molecule has 4 N–H and O–H groups in total. The summed E-state index contributed by atoms with van der Waals surface area (Å²) in [6.07, 6.45) is 1.69. The molecular weight excluding hydrogens is 404 g/mol. The minimum atomic E-state index is -0.235. The van der Waals surface area contributed by atoms with E-state index in [9.17, 15) is 9.59 Å². The number of aromatic nitrogens is 1. The van der Waals surface area contributed by atoms with Gasteiger partial charge in [0, 0.05) is 24.8 Å². The molecule has 0 saturated carbocycles. The molecule has 0 saturated heterocycles. The number of nitrogens with two attached hydrogens (primary N) is 1. The summed E-state index contributed by atoms with van der Waals surface area (Å²) in [5.74, 6) is 0.546. The fourth-order valence-electron chi connectivity index (χ4n) is 3.50. The standard InChI is InChI=1S/C25H30N4O3/c1-17-7-8-20(14-26)21(11-17)16-27-24(30)13-23-18(2)9-10-29(25(23)31)28-15-19-5-4-6-22(12-19)32-3/h4-12,28H,13-16,26H2,1-3H3,(H,27,30). The number of carbonyl (C=O) groups excluding carboxylic acids is 1. The van der Waals surface area contributed by atoms with Gasteiger partial charge in [-0.2, -0.15) is 0 Å². The monoisotopic (exact) mass is 434 g/mol.